The fraction of sp³-hybridized carbons (Fsp3) is 0.500. The average Bonchev–Trinajstić information content (AvgIpc) is 3.95. The zero-order chi connectivity index (χ0) is 52.5. The van der Waals surface area contributed by atoms with Gasteiger partial charge in [-0.1, -0.05) is 84.3 Å². The number of hydrogen-bond donors (Lipinski definition) is 5. The van der Waals surface area contributed by atoms with Crippen LogP contribution in [-0.4, -0.2) is 96.2 Å². The van der Waals surface area contributed by atoms with Gasteiger partial charge in [0.1, 0.15) is 42.7 Å². The van der Waals surface area contributed by atoms with E-state index in [1.54, 1.807) is 29.5 Å². The Morgan fingerprint density at radius 2 is 1.62 bits per heavy atom. The quantitative estimate of drug-likeness (QED) is 0.0416. The smallest absolute Gasteiger partial charge is 0.319 e. The topological polar surface area (TPSA) is 213 Å². The minimum absolute atomic E-state index is 0.0139. The largest absolute Gasteiger partial charge is 0.489 e. The van der Waals surface area contributed by atoms with E-state index < -0.39 is 52.2 Å². The molecule has 1 saturated heterocycles. The van der Waals surface area contributed by atoms with Gasteiger partial charge in [0.25, 0.3) is 0 Å². The van der Waals surface area contributed by atoms with E-state index in [9.17, 15) is 29.2 Å². The maximum absolute atomic E-state index is 14.3. The normalized spacial score (nSPS) is 19.7. The molecule has 1 saturated carbocycles. The third-order valence-electron chi connectivity index (χ3n) is 13.5. The number of nitrogens with zero attached hydrogens (tertiary/aromatic N) is 3. The summed E-state index contributed by atoms with van der Waals surface area (Å²) in [5, 5.41) is 24.9. The van der Waals surface area contributed by atoms with Gasteiger partial charge < -0.3 is 45.7 Å². The number of urea groups is 1. The van der Waals surface area contributed by atoms with E-state index in [0.29, 0.717) is 35.2 Å². The Bertz CT molecular complexity index is 2590. The summed E-state index contributed by atoms with van der Waals surface area (Å²) < 4.78 is 17.6. The number of nitriles is 1. The molecule has 16 nitrogen and oxygen atoms in total. The number of likely N-dealkylation sites (tertiary alicyclic amines) is 1. The molecule has 5 amide bonds. The fourth-order valence-electron chi connectivity index (χ4n) is 9.99. The van der Waals surface area contributed by atoms with E-state index in [1.807, 2.05) is 88.7 Å². The minimum Gasteiger partial charge on any atom is -0.489 e. The molecule has 4 aromatic rings. The fourth-order valence-corrected chi connectivity index (χ4v) is 11.0. The molecule has 0 spiro atoms. The van der Waals surface area contributed by atoms with Crippen LogP contribution in [0.5, 0.6) is 5.75 Å². The van der Waals surface area contributed by atoms with Gasteiger partial charge in [0.05, 0.1) is 39.3 Å². The summed E-state index contributed by atoms with van der Waals surface area (Å²) in [5.41, 5.74) is 5.09. The van der Waals surface area contributed by atoms with Crippen molar-refractivity contribution in [1.82, 2.24) is 25.8 Å². The van der Waals surface area contributed by atoms with Crippen LogP contribution in [0, 0.1) is 34.5 Å². The summed E-state index contributed by atoms with van der Waals surface area (Å²) >= 11 is 7.80. The molecule has 6 rings (SSSR count). The number of carbonyl (C=O) groups is 5. The van der Waals surface area contributed by atoms with E-state index in [1.165, 1.54) is 11.8 Å². The SMILES string of the molecule is CC(=O)O[C@@H]1C[C@@H](C(=O)N[C@@H](C)c2ccc(-c3scnc3C)cc2)N(C(=O)[C@@H](NC(=O)COCCCCCNc2ccc(NC(=O)NC3C(C)(C)C(Oc4ccc(C#N)c(Cl)c4)C3(C)C)cc2)C(C)(C)C)C1. The van der Waals surface area contributed by atoms with Crippen molar-refractivity contribution < 1.29 is 38.2 Å². The van der Waals surface area contributed by atoms with Gasteiger partial charge in [-0.3, -0.25) is 19.2 Å². The van der Waals surface area contributed by atoms with Gasteiger partial charge >= 0.3 is 12.0 Å². The van der Waals surface area contributed by atoms with Gasteiger partial charge in [-0.2, -0.15) is 5.26 Å². The van der Waals surface area contributed by atoms with Crippen molar-refractivity contribution in [3.8, 4) is 22.3 Å². The molecule has 0 radical (unpaired) electrons. The maximum Gasteiger partial charge on any atom is 0.319 e. The molecule has 4 atom stereocenters. The molecule has 1 aliphatic carbocycles. The zero-order valence-corrected chi connectivity index (χ0v) is 44.5. The molecule has 2 aliphatic rings. The number of anilines is 2. The standard InChI is InChI=1S/C54H69ClN8O8S/c1-32(35-14-16-36(17-15-35)45-33(2)58-31-72-45)59-47(66)43-27-41(70-34(3)64)29-63(43)48(67)46(52(4,5)6)61-44(65)30-69-25-13-11-12-24-57-38-19-21-39(22-20-38)60-51(68)62-49-53(7,8)50(54(49,9)10)71-40-23-18-37(28-56)42(55)26-40/h14-23,26,31-32,41,43,46,49-50,57H,11-13,24-25,27,29-30H2,1-10H3,(H,59,66)(H,61,65)(H2,60,62,68)/t32-,41+,43-,46+,49?,50?/m0/s1. The molecule has 0 bridgehead atoms. The van der Waals surface area contributed by atoms with Crippen LogP contribution >= 0.6 is 22.9 Å². The number of hydrogen-bond acceptors (Lipinski definition) is 12. The molecule has 3 aromatic carbocycles. The minimum atomic E-state index is -0.988. The van der Waals surface area contributed by atoms with Crippen LogP contribution in [0.3, 0.4) is 0 Å². The summed E-state index contributed by atoms with van der Waals surface area (Å²) in [4.78, 5) is 73.4. The summed E-state index contributed by atoms with van der Waals surface area (Å²) in [5.74, 6) is -1.22. The zero-order valence-electron chi connectivity index (χ0n) is 42.9. The van der Waals surface area contributed by atoms with E-state index in [2.05, 4.69) is 65.3 Å². The number of benzene rings is 3. The first-order valence-corrected chi connectivity index (χ1v) is 25.7. The number of rotatable bonds is 20. The number of unbranched alkanes of at least 4 members (excludes halogenated alkanes) is 2. The summed E-state index contributed by atoms with van der Waals surface area (Å²) in [6.45, 7) is 19.7. The first kappa shape index (κ1) is 55.1. The number of nitrogens with one attached hydrogen (secondary N) is 5. The second-order valence-corrected chi connectivity index (χ2v) is 22.3. The highest BCUT2D eigenvalue weighted by Gasteiger charge is 2.64. The second-order valence-electron chi connectivity index (χ2n) is 21.0. The lowest BCUT2D eigenvalue weighted by molar-refractivity contribution is -0.163. The van der Waals surface area contributed by atoms with Crippen LogP contribution in [-0.2, 0) is 28.7 Å². The molecule has 2 fully saturated rings. The van der Waals surface area contributed by atoms with Crippen molar-refractivity contribution in [2.75, 3.05) is 36.9 Å². The van der Waals surface area contributed by atoms with Crippen LogP contribution in [0.4, 0.5) is 16.2 Å². The lowest BCUT2D eigenvalue weighted by Crippen LogP contribution is -2.75. The number of carbonyl (C=O) groups excluding carboxylic acids is 5. The molecule has 0 unspecified atom stereocenters. The molecule has 18 heteroatoms. The molecule has 5 N–H and O–H groups in total. The Kier molecular flexibility index (Phi) is 18.0. The summed E-state index contributed by atoms with van der Waals surface area (Å²) in [6, 6.07) is 19.7. The highest BCUT2D eigenvalue weighted by molar-refractivity contribution is 7.13. The molecular weight excluding hydrogens is 956 g/mol. The Labute approximate surface area is 432 Å². The lowest BCUT2D eigenvalue weighted by Gasteiger charge is -2.63. The number of amides is 5. The molecule has 1 aliphatic heterocycles. The average molecular weight is 1030 g/mol. The van der Waals surface area contributed by atoms with Gasteiger partial charge in [0, 0.05) is 60.8 Å². The highest BCUT2D eigenvalue weighted by atomic mass is 35.5. The van der Waals surface area contributed by atoms with Crippen molar-refractivity contribution >= 4 is 64.0 Å². The Morgan fingerprint density at radius 1 is 0.944 bits per heavy atom. The van der Waals surface area contributed by atoms with E-state index in [0.717, 1.165) is 46.6 Å². The van der Waals surface area contributed by atoms with E-state index in [-0.39, 0.29) is 49.7 Å². The lowest BCUT2D eigenvalue weighted by atomic mass is 9.49. The monoisotopic (exact) mass is 1020 g/mol. The van der Waals surface area contributed by atoms with Gasteiger partial charge in [-0.25, -0.2) is 9.78 Å². The van der Waals surface area contributed by atoms with E-state index in [4.69, 9.17) is 25.8 Å². The number of esters is 1. The summed E-state index contributed by atoms with van der Waals surface area (Å²) in [6.07, 6.45) is 1.64. The predicted molar refractivity (Wildman–Crippen MR) is 280 cm³/mol. The van der Waals surface area contributed by atoms with Gasteiger partial charge in [0.15, 0.2) is 0 Å². The number of aryl methyl sites for hydroxylation is 1. The maximum atomic E-state index is 14.3. The van der Waals surface area contributed by atoms with Crippen LogP contribution in [0.2, 0.25) is 5.02 Å². The Balaban J connectivity index is 0.899. The molecule has 1 aromatic heterocycles. The third kappa shape index (κ3) is 13.6. The number of ether oxygens (including phenoxy) is 3. The van der Waals surface area contributed by atoms with Crippen molar-refractivity contribution in [3.05, 3.63) is 94.1 Å². The number of thiazole rings is 1. The second kappa shape index (κ2) is 23.6. The molecular formula is C54H69ClN8O8S. The van der Waals surface area contributed by atoms with Crippen molar-refractivity contribution in [2.45, 2.75) is 131 Å². The van der Waals surface area contributed by atoms with Crippen LogP contribution in [0.15, 0.2) is 72.2 Å². The molecule has 72 heavy (non-hydrogen) atoms. The van der Waals surface area contributed by atoms with Crippen molar-refractivity contribution in [1.29, 1.82) is 5.26 Å². The van der Waals surface area contributed by atoms with Crippen LogP contribution < -0.4 is 31.3 Å². The molecule has 386 valence electrons. The molecule has 2 heterocycles. The van der Waals surface area contributed by atoms with Gasteiger partial charge in [-0.15, -0.1) is 11.3 Å². The number of aromatic nitrogens is 1. The van der Waals surface area contributed by atoms with Gasteiger partial charge in [-0.05, 0) is 86.1 Å². The first-order valence-electron chi connectivity index (χ1n) is 24.4. The van der Waals surface area contributed by atoms with Crippen molar-refractivity contribution in [2.24, 2.45) is 16.2 Å². The summed E-state index contributed by atoms with van der Waals surface area (Å²) in [7, 11) is 0. The van der Waals surface area contributed by atoms with Gasteiger partial charge in [0.2, 0.25) is 17.7 Å². The number of halogens is 1. The third-order valence-corrected chi connectivity index (χ3v) is 14.8. The Morgan fingerprint density at radius 3 is 2.24 bits per heavy atom. The van der Waals surface area contributed by atoms with Crippen molar-refractivity contribution in [3.63, 3.8) is 0 Å². The predicted octanol–water partition coefficient (Wildman–Crippen LogP) is 9.19. The first-order chi connectivity index (χ1) is 34.0. The van der Waals surface area contributed by atoms with Crippen LogP contribution in [0.1, 0.15) is 111 Å². The Hall–Kier alpha value is -6.22. The van der Waals surface area contributed by atoms with E-state index >= 15 is 0 Å². The highest BCUT2D eigenvalue weighted by Crippen LogP contribution is 2.55. The van der Waals surface area contributed by atoms with Crippen LogP contribution in [0.25, 0.3) is 10.4 Å².